The molecule has 0 aliphatic carbocycles. The number of anilines is 2. The predicted molar refractivity (Wildman–Crippen MR) is 118 cm³/mol. The number of nitrogens with one attached hydrogen (secondary N) is 1. The van der Waals surface area contributed by atoms with Crippen LogP contribution in [-0.4, -0.2) is 15.9 Å². The number of benzene rings is 3. The lowest BCUT2D eigenvalue weighted by molar-refractivity contribution is 0.102. The minimum Gasteiger partial charge on any atom is -0.368 e. The van der Waals surface area contributed by atoms with Gasteiger partial charge in [-0.1, -0.05) is 24.3 Å². The molecule has 6 heteroatoms. The number of alkyl halides is 1. The summed E-state index contributed by atoms with van der Waals surface area (Å²) in [5.74, 6) is -0.0534. The van der Waals surface area contributed by atoms with Crippen molar-refractivity contribution in [1.82, 2.24) is 9.97 Å². The van der Waals surface area contributed by atoms with E-state index in [1.54, 1.807) is 24.4 Å². The molecule has 0 saturated heterocycles. The molecule has 5 nitrogen and oxygen atoms in total. The third kappa shape index (κ3) is 3.85. The van der Waals surface area contributed by atoms with Crippen molar-refractivity contribution in [1.29, 1.82) is 0 Å². The highest BCUT2D eigenvalue weighted by molar-refractivity contribution is 6.05. The molecule has 4 aromatic rings. The molecule has 0 aliphatic heterocycles. The molecule has 0 saturated carbocycles. The number of nitrogens with zero attached hydrogens (tertiary/aromatic N) is 2. The molecule has 0 spiro atoms. The average molecular weight is 400 g/mol. The Hall–Kier alpha value is -3.80. The van der Waals surface area contributed by atoms with Gasteiger partial charge in [0.1, 0.15) is 6.67 Å². The molecule has 1 aromatic heterocycles. The Morgan fingerprint density at radius 3 is 2.70 bits per heavy atom. The van der Waals surface area contributed by atoms with Crippen LogP contribution < -0.4 is 11.1 Å². The van der Waals surface area contributed by atoms with E-state index in [0.29, 0.717) is 16.8 Å². The Labute approximate surface area is 173 Å². The van der Waals surface area contributed by atoms with Gasteiger partial charge in [-0.15, -0.1) is 0 Å². The van der Waals surface area contributed by atoms with Crippen LogP contribution in [0.4, 0.5) is 16.0 Å². The second-order valence-corrected chi connectivity index (χ2v) is 7.28. The molecule has 3 aromatic carbocycles. The first kappa shape index (κ1) is 19.5. The second-order valence-electron chi connectivity index (χ2n) is 7.28. The van der Waals surface area contributed by atoms with Gasteiger partial charge in [-0.05, 0) is 66.4 Å². The molecule has 4 rings (SSSR count). The van der Waals surface area contributed by atoms with Crippen LogP contribution in [-0.2, 0) is 6.67 Å². The smallest absolute Gasteiger partial charge is 0.255 e. The molecule has 3 N–H and O–H groups in total. The Balaban J connectivity index is 1.69. The summed E-state index contributed by atoms with van der Waals surface area (Å²) in [4.78, 5) is 21.1. The van der Waals surface area contributed by atoms with E-state index in [9.17, 15) is 9.18 Å². The van der Waals surface area contributed by atoms with Crippen LogP contribution in [0.3, 0.4) is 0 Å². The molecule has 0 fully saturated rings. The van der Waals surface area contributed by atoms with Gasteiger partial charge in [-0.3, -0.25) is 4.79 Å². The number of hydrogen-bond donors (Lipinski definition) is 2. The van der Waals surface area contributed by atoms with Crippen molar-refractivity contribution >= 4 is 28.4 Å². The SMILES string of the molecule is Cc1ccc(CF)c(NC(=O)c2ccc(C)c(-c3ccc4nc(N)ncc4c3)c2)c1. The number of fused-ring (bicyclic) bond motifs is 1. The van der Waals surface area contributed by atoms with Gasteiger partial charge in [-0.25, -0.2) is 14.4 Å². The molecule has 0 radical (unpaired) electrons. The van der Waals surface area contributed by atoms with E-state index >= 15 is 0 Å². The van der Waals surface area contributed by atoms with Gasteiger partial charge in [0.05, 0.1) is 5.52 Å². The van der Waals surface area contributed by atoms with E-state index in [1.165, 1.54) is 0 Å². The molecular weight excluding hydrogens is 379 g/mol. The summed E-state index contributed by atoms with van der Waals surface area (Å²) in [6, 6.07) is 16.6. The van der Waals surface area contributed by atoms with E-state index in [-0.39, 0.29) is 11.9 Å². The normalized spacial score (nSPS) is 10.9. The van der Waals surface area contributed by atoms with Gasteiger partial charge in [0.2, 0.25) is 5.95 Å². The Kier molecular flexibility index (Phi) is 5.14. The first-order valence-electron chi connectivity index (χ1n) is 9.55. The van der Waals surface area contributed by atoms with Gasteiger partial charge in [-0.2, -0.15) is 0 Å². The van der Waals surface area contributed by atoms with Crippen LogP contribution in [0.15, 0.2) is 60.8 Å². The maximum Gasteiger partial charge on any atom is 0.255 e. The van der Waals surface area contributed by atoms with Gasteiger partial charge < -0.3 is 11.1 Å². The fourth-order valence-electron chi connectivity index (χ4n) is 3.41. The van der Waals surface area contributed by atoms with Crippen LogP contribution >= 0.6 is 0 Å². The zero-order chi connectivity index (χ0) is 21.3. The van der Waals surface area contributed by atoms with Gasteiger partial charge >= 0.3 is 0 Å². The number of aryl methyl sites for hydroxylation is 2. The van der Waals surface area contributed by atoms with Crippen LogP contribution in [0.2, 0.25) is 0 Å². The minimum absolute atomic E-state index is 0.230. The van der Waals surface area contributed by atoms with Crippen LogP contribution in [0.5, 0.6) is 0 Å². The number of nitrogen functional groups attached to an aromatic ring is 1. The lowest BCUT2D eigenvalue weighted by Gasteiger charge is -2.13. The van der Waals surface area contributed by atoms with E-state index in [4.69, 9.17) is 5.73 Å². The first-order chi connectivity index (χ1) is 14.4. The average Bonchev–Trinajstić information content (AvgIpc) is 2.74. The fourth-order valence-corrected chi connectivity index (χ4v) is 3.41. The maximum atomic E-state index is 13.3. The Morgan fingerprint density at radius 1 is 1.07 bits per heavy atom. The first-order valence-corrected chi connectivity index (χ1v) is 9.55. The molecule has 0 bridgehead atoms. The van der Waals surface area contributed by atoms with Crippen molar-refractivity contribution in [3.05, 3.63) is 83.0 Å². The van der Waals surface area contributed by atoms with Crippen molar-refractivity contribution in [3.8, 4) is 11.1 Å². The van der Waals surface area contributed by atoms with Crippen molar-refractivity contribution < 1.29 is 9.18 Å². The van der Waals surface area contributed by atoms with Gasteiger partial charge in [0, 0.05) is 28.4 Å². The topological polar surface area (TPSA) is 80.9 Å². The van der Waals surface area contributed by atoms with Gasteiger partial charge in [0.15, 0.2) is 0 Å². The molecule has 30 heavy (non-hydrogen) atoms. The maximum absolute atomic E-state index is 13.3. The van der Waals surface area contributed by atoms with E-state index in [2.05, 4.69) is 15.3 Å². The standard InChI is InChI=1S/C24H21FN4O/c1-14-3-5-18(12-25)22(9-14)28-23(30)17-6-4-15(2)20(11-17)16-7-8-21-19(10-16)13-27-24(26)29-21/h3-11,13H,12H2,1-2H3,(H,28,30)(H2,26,27,29). The fraction of sp³-hybridized carbons (Fsp3) is 0.125. The highest BCUT2D eigenvalue weighted by Gasteiger charge is 2.13. The Morgan fingerprint density at radius 2 is 1.90 bits per heavy atom. The van der Waals surface area contributed by atoms with Crippen molar-refractivity contribution in [3.63, 3.8) is 0 Å². The van der Waals surface area contributed by atoms with E-state index in [0.717, 1.165) is 33.2 Å². The lowest BCUT2D eigenvalue weighted by atomic mass is 9.96. The van der Waals surface area contributed by atoms with Crippen LogP contribution in [0.25, 0.3) is 22.0 Å². The van der Waals surface area contributed by atoms with Gasteiger partial charge in [0.25, 0.3) is 5.91 Å². The minimum atomic E-state index is -0.640. The summed E-state index contributed by atoms with van der Waals surface area (Å²) < 4.78 is 13.3. The monoisotopic (exact) mass is 400 g/mol. The molecule has 1 heterocycles. The summed E-state index contributed by atoms with van der Waals surface area (Å²) in [5.41, 5.74) is 11.7. The van der Waals surface area contributed by atoms with Crippen LogP contribution in [0, 0.1) is 13.8 Å². The highest BCUT2D eigenvalue weighted by Crippen LogP contribution is 2.28. The molecule has 0 aliphatic rings. The number of hydrogen-bond acceptors (Lipinski definition) is 4. The third-order valence-electron chi connectivity index (χ3n) is 5.07. The third-order valence-corrected chi connectivity index (χ3v) is 5.07. The predicted octanol–water partition coefficient (Wildman–Crippen LogP) is 5.22. The number of halogens is 1. The highest BCUT2D eigenvalue weighted by atomic mass is 19.1. The number of nitrogens with two attached hydrogens (primary N) is 1. The summed E-state index contributed by atoms with van der Waals surface area (Å²) in [6.45, 7) is 3.25. The molecule has 150 valence electrons. The summed E-state index contributed by atoms with van der Waals surface area (Å²) in [7, 11) is 0. The largest absolute Gasteiger partial charge is 0.368 e. The number of aromatic nitrogens is 2. The summed E-state index contributed by atoms with van der Waals surface area (Å²) in [5, 5.41) is 3.70. The summed E-state index contributed by atoms with van der Waals surface area (Å²) in [6.07, 6.45) is 1.68. The van der Waals surface area contributed by atoms with E-state index < -0.39 is 6.67 Å². The van der Waals surface area contributed by atoms with Crippen molar-refractivity contribution in [2.24, 2.45) is 0 Å². The number of amides is 1. The van der Waals surface area contributed by atoms with Crippen LogP contribution in [0.1, 0.15) is 27.0 Å². The summed E-state index contributed by atoms with van der Waals surface area (Å²) >= 11 is 0. The number of carbonyl (C=O) groups excluding carboxylic acids is 1. The zero-order valence-electron chi connectivity index (χ0n) is 16.7. The zero-order valence-corrected chi connectivity index (χ0v) is 16.7. The molecule has 1 amide bonds. The van der Waals surface area contributed by atoms with Crippen molar-refractivity contribution in [2.75, 3.05) is 11.1 Å². The van der Waals surface area contributed by atoms with E-state index in [1.807, 2.05) is 50.2 Å². The number of rotatable bonds is 4. The second kappa shape index (κ2) is 7.91. The number of carbonyl (C=O) groups is 1. The lowest BCUT2D eigenvalue weighted by Crippen LogP contribution is -2.13. The Bertz CT molecular complexity index is 1270. The molecule has 0 unspecified atom stereocenters. The molecule has 0 atom stereocenters. The quantitative estimate of drug-likeness (QED) is 0.492. The molecular formula is C24H21FN4O. The van der Waals surface area contributed by atoms with Crippen molar-refractivity contribution in [2.45, 2.75) is 20.5 Å².